The van der Waals surface area contributed by atoms with Crippen LogP contribution in [0.5, 0.6) is 0 Å². The minimum absolute atomic E-state index is 0.124. The summed E-state index contributed by atoms with van der Waals surface area (Å²) in [5.41, 5.74) is 1.63. The van der Waals surface area contributed by atoms with E-state index in [1.165, 1.54) is 15.9 Å². The highest BCUT2D eigenvalue weighted by molar-refractivity contribution is 9.10. The lowest BCUT2D eigenvalue weighted by Gasteiger charge is -2.33. The first-order valence-electron chi connectivity index (χ1n) is 13.2. The number of benzene rings is 4. The summed E-state index contributed by atoms with van der Waals surface area (Å²) in [7, 11) is 0. The molecule has 2 heterocycles. The normalized spacial score (nSPS) is 20.4. The first-order valence-corrected chi connectivity index (χ1v) is 14.0. The molecule has 4 aromatic carbocycles. The zero-order chi connectivity index (χ0) is 27.9. The maximum absolute atomic E-state index is 15.6. The Kier molecular flexibility index (Phi) is 6.84. The average molecular weight is 597 g/mol. The molecular formula is C33H26BrFN2O3. The number of para-hydroxylation sites is 1. The van der Waals surface area contributed by atoms with Crippen molar-refractivity contribution in [1.82, 2.24) is 4.90 Å². The Morgan fingerprint density at radius 2 is 1.35 bits per heavy atom. The van der Waals surface area contributed by atoms with Crippen LogP contribution >= 0.6 is 15.9 Å². The Morgan fingerprint density at radius 1 is 0.750 bits per heavy atom. The molecule has 1 fully saturated rings. The summed E-state index contributed by atoms with van der Waals surface area (Å²) in [4.78, 5) is 44.9. The highest BCUT2D eigenvalue weighted by atomic mass is 79.9. The van der Waals surface area contributed by atoms with E-state index >= 15 is 4.39 Å². The van der Waals surface area contributed by atoms with Gasteiger partial charge in [0.25, 0.3) is 0 Å². The van der Waals surface area contributed by atoms with Crippen LogP contribution in [0.25, 0.3) is 0 Å². The lowest BCUT2D eigenvalue weighted by Crippen LogP contribution is -2.49. The molecule has 0 aromatic heterocycles. The molecule has 1 saturated heterocycles. The Balaban J connectivity index is 1.49. The lowest BCUT2D eigenvalue weighted by atomic mass is 9.66. The molecule has 4 aromatic rings. The van der Waals surface area contributed by atoms with E-state index in [4.69, 9.17) is 0 Å². The van der Waals surface area contributed by atoms with Gasteiger partial charge in [-0.15, -0.1) is 0 Å². The molecule has 0 unspecified atom stereocenters. The van der Waals surface area contributed by atoms with Gasteiger partial charge in [-0.3, -0.25) is 19.3 Å². The molecule has 0 N–H and O–H groups in total. The summed E-state index contributed by atoms with van der Waals surface area (Å²) in [6.45, 7) is 0.274. The van der Waals surface area contributed by atoms with Crippen molar-refractivity contribution in [3.63, 3.8) is 0 Å². The van der Waals surface area contributed by atoms with E-state index in [-0.39, 0.29) is 43.4 Å². The van der Waals surface area contributed by atoms with Gasteiger partial charge in [0, 0.05) is 10.9 Å². The molecule has 0 bridgehead atoms. The Hall–Kier alpha value is -4.10. The van der Waals surface area contributed by atoms with Crippen molar-refractivity contribution in [1.29, 1.82) is 0 Å². The minimum atomic E-state index is -1.45. The van der Waals surface area contributed by atoms with Crippen LogP contribution in [0.1, 0.15) is 28.7 Å². The summed E-state index contributed by atoms with van der Waals surface area (Å²) < 4.78 is 16.4. The fraction of sp³-hybridized carbons (Fsp3) is 0.182. The molecule has 2 aliphatic heterocycles. The second-order valence-electron chi connectivity index (χ2n) is 10.4. The maximum atomic E-state index is 15.6. The maximum Gasteiger partial charge on any atom is 0.239 e. The second kappa shape index (κ2) is 10.5. The monoisotopic (exact) mass is 596 g/mol. The largest absolute Gasteiger partial charge is 0.304 e. The van der Waals surface area contributed by atoms with E-state index in [1.807, 2.05) is 84.9 Å². The van der Waals surface area contributed by atoms with Gasteiger partial charge in [-0.1, -0.05) is 101 Å². The number of halogens is 2. The van der Waals surface area contributed by atoms with E-state index in [1.54, 1.807) is 12.1 Å². The van der Waals surface area contributed by atoms with Crippen molar-refractivity contribution in [2.45, 2.75) is 31.3 Å². The average Bonchev–Trinajstić information content (AvgIpc) is 3.37. The molecule has 0 aliphatic carbocycles. The van der Waals surface area contributed by atoms with Crippen LogP contribution in [0.3, 0.4) is 0 Å². The number of imide groups is 1. The molecule has 2 atom stereocenters. The van der Waals surface area contributed by atoms with Gasteiger partial charge in [0.1, 0.15) is 5.82 Å². The summed E-state index contributed by atoms with van der Waals surface area (Å²) in [6, 6.07) is 30.9. The highest BCUT2D eigenvalue weighted by Gasteiger charge is 2.61. The fourth-order valence-electron chi connectivity index (χ4n) is 6.12. The first kappa shape index (κ1) is 26.1. The number of amides is 3. The van der Waals surface area contributed by atoms with Gasteiger partial charge < -0.3 is 4.90 Å². The third kappa shape index (κ3) is 4.44. The molecule has 200 valence electrons. The summed E-state index contributed by atoms with van der Waals surface area (Å²) >= 11 is 3.51. The smallest absolute Gasteiger partial charge is 0.239 e. The van der Waals surface area contributed by atoms with Crippen LogP contribution in [0.2, 0.25) is 0 Å². The van der Waals surface area contributed by atoms with Crippen LogP contribution < -0.4 is 4.90 Å². The Morgan fingerprint density at radius 3 is 2.00 bits per heavy atom. The number of hydrogen-bond donors (Lipinski definition) is 0. The van der Waals surface area contributed by atoms with E-state index < -0.39 is 23.1 Å². The van der Waals surface area contributed by atoms with E-state index in [9.17, 15) is 14.4 Å². The SMILES string of the molecule is O=C1C[C@H]([C@]2(Cc3cccc(Br)c3)C(=O)N(Cc3ccccc3)c3c(F)cccc32)C(=O)N1Cc1ccccc1. The van der Waals surface area contributed by atoms with E-state index in [0.717, 1.165) is 21.2 Å². The number of rotatable bonds is 7. The molecule has 5 nitrogen and oxygen atoms in total. The van der Waals surface area contributed by atoms with Crippen LogP contribution in [0.15, 0.2) is 108 Å². The van der Waals surface area contributed by atoms with Gasteiger partial charge in [-0.25, -0.2) is 4.39 Å². The van der Waals surface area contributed by atoms with E-state index in [0.29, 0.717) is 5.56 Å². The minimum Gasteiger partial charge on any atom is -0.304 e. The topological polar surface area (TPSA) is 57.7 Å². The van der Waals surface area contributed by atoms with E-state index in [2.05, 4.69) is 15.9 Å². The number of nitrogens with zero attached hydrogens (tertiary/aromatic N) is 2. The zero-order valence-electron chi connectivity index (χ0n) is 21.6. The molecule has 2 aliphatic rings. The number of carbonyl (C=O) groups excluding carboxylic acids is 3. The quantitative estimate of drug-likeness (QED) is 0.239. The summed E-state index contributed by atoms with van der Waals surface area (Å²) in [5, 5.41) is 0. The van der Waals surface area contributed by atoms with Crippen molar-refractivity contribution in [3.05, 3.63) is 136 Å². The first-order chi connectivity index (χ1) is 19.4. The molecule has 0 radical (unpaired) electrons. The molecule has 3 amide bonds. The van der Waals surface area contributed by atoms with Crippen LogP contribution in [-0.4, -0.2) is 22.6 Å². The summed E-state index contributed by atoms with van der Waals surface area (Å²) in [6.07, 6.45) is 0.0242. The highest BCUT2D eigenvalue weighted by Crippen LogP contribution is 2.53. The molecular weight excluding hydrogens is 571 g/mol. The molecule has 6 rings (SSSR count). The van der Waals surface area contributed by atoms with Crippen molar-refractivity contribution >= 4 is 39.3 Å². The fourth-order valence-corrected chi connectivity index (χ4v) is 6.57. The Bertz CT molecular complexity index is 1610. The van der Waals surface area contributed by atoms with Gasteiger partial charge in [-0.2, -0.15) is 0 Å². The van der Waals surface area contributed by atoms with Gasteiger partial charge in [0.05, 0.1) is 30.1 Å². The Labute approximate surface area is 240 Å². The predicted molar refractivity (Wildman–Crippen MR) is 154 cm³/mol. The number of fused-ring (bicyclic) bond motifs is 1. The van der Waals surface area contributed by atoms with Gasteiger partial charge in [0.15, 0.2) is 0 Å². The summed E-state index contributed by atoms with van der Waals surface area (Å²) in [5.74, 6) is -2.62. The van der Waals surface area contributed by atoms with Crippen LogP contribution in [0, 0.1) is 11.7 Å². The van der Waals surface area contributed by atoms with Crippen LogP contribution in [0.4, 0.5) is 10.1 Å². The van der Waals surface area contributed by atoms with Crippen molar-refractivity contribution in [2.24, 2.45) is 5.92 Å². The standard InChI is InChI=1S/C33H26BrFN2O3/c34-25-14-7-13-24(17-25)19-33(27-18-29(38)36(31(27)39)20-22-9-3-1-4-10-22)26-15-8-16-28(35)30(26)37(32(33)40)21-23-11-5-2-6-12-23/h1-17,27H,18-21H2/t27-,33+/m0/s1. The molecule has 7 heteroatoms. The van der Waals surface area contributed by atoms with Crippen LogP contribution in [-0.2, 0) is 39.3 Å². The number of carbonyl (C=O) groups is 3. The second-order valence-corrected chi connectivity index (χ2v) is 11.3. The third-order valence-electron chi connectivity index (χ3n) is 7.94. The number of hydrogen-bond acceptors (Lipinski definition) is 3. The van der Waals surface area contributed by atoms with Crippen molar-refractivity contribution in [2.75, 3.05) is 4.90 Å². The third-order valence-corrected chi connectivity index (χ3v) is 8.44. The van der Waals surface area contributed by atoms with Crippen molar-refractivity contribution < 1.29 is 18.8 Å². The van der Waals surface area contributed by atoms with Crippen molar-refractivity contribution in [3.8, 4) is 0 Å². The van der Waals surface area contributed by atoms with Gasteiger partial charge >= 0.3 is 0 Å². The van der Waals surface area contributed by atoms with Gasteiger partial charge in [-0.05, 0) is 46.9 Å². The molecule has 0 spiro atoms. The van der Waals surface area contributed by atoms with Gasteiger partial charge in [0.2, 0.25) is 17.7 Å². The lowest BCUT2D eigenvalue weighted by molar-refractivity contribution is -0.142. The molecule has 0 saturated carbocycles. The molecule has 40 heavy (non-hydrogen) atoms. The number of anilines is 1. The number of likely N-dealkylation sites (tertiary alicyclic amines) is 1. The predicted octanol–water partition coefficient (Wildman–Crippen LogP) is 6.19. The zero-order valence-corrected chi connectivity index (χ0v) is 23.2.